The number of aryl methyl sites for hydroxylation is 1. The van der Waals surface area contributed by atoms with E-state index in [0.29, 0.717) is 13.1 Å². The number of carbonyl (C=O) groups excluding carboxylic acids is 1. The fourth-order valence-electron chi connectivity index (χ4n) is 3.02. The predicted octanol–water partition coefficient (Wildman–Crippen LogP) is 3.54. The van der Waals surface area contributed by atoms with Gasteiger partial charge in [-0.2, -0.15) is 5.10 Å². The fraction of sp³-hybridized carbons (Fsp3) is 0.211. The number of H-pyrrole nitrogens is 1. The molecule has 1 aliphatic heterocycles. The Labute approximate surface area is 150 Å². The van der Waals surface area contributed by atoms with E-state index in [0.717, 1.165) is 39.5 Å². The predicted molar refractivity (Wildman–Crippen MR) is 99.3 cm³/mol. The van der Waals surface area contributed by atoms with Crippen LogP contribution in [0.1, 0.15) is 37.9 Å². The van der Waals surface area contributed by atoms with Crippen molar-refractivity contribution in [2.75, 3.05) is 6.54 Å². The van der Waals surface area contributed by atoms with Crippen LogP contribution < -0.4 is 0 Å². The lowest BCUT2D eigenvalue weighted by Crippen LogP contribution is -2.35. The van der Waals surface area contributed by atoms with Crippen LogP contribution in [-0.2, 0) is 13.0 Å². The van der Waals surface area contributed by atoms with E-state index in [1.54, 1.807) is 5.51 Å². The van der Waals surface area contributed by atoms with Crippen molar-refractivity contribution in [3.8, 4) is 0 Å². The largest absolute Gasteiger partial charge is 0.333 e. The van der Waals surface area contributed by atoms with Gasteiger partial charge in [-0.25, -0.2) is 4.98 Å². The molecule has 25 heavy (non-hydrogen) atoms. The van der Waals surface area contributed by atoms with Crippen molar-refractivity contribution in [3.63, 3.8) is 0 Å². The SMILES string of the molecule is Cc1ncsc1C(=O)N1CCc2[nH]nc(/C=C/c3ccccc3)c2C1. The van der Waals surface area contributed by atoms with Crippen molar-refractivity contribution in [2.45, 2.75) is 19.9 Å². The molecule has 1 amide bonds. The van der Waals surface area contributed by atoms with Gasteiger partial charge in [0, 0.05) is 30.8 Å². The van der Waals surface area contributed by atoms with E-state index >= 15 is 0 Å². The van der Waals surface area contributed by atoms with Gasteiger partial charge in [0.15, 0.2) is 0 Å². The molecule has 126 valence electrons. The summed E-state index contributed by atoms with van der Waals surface area (Å²) >= 11 is 1.41. The molecule has 0 fully saturated rings. The normalized spacial score (nSPS) is 14.0. The third-order valence-electron chi connectivity index (χ3n) is 4.43. The van der Waals surface area contributed by atoms with Crippen LogP contribution in [-0.4, -0.2) is 32.5 Å². The maximum Gasteiger partial charge on any atom is 0.266 e. The van der Waals surface area contributed by atoms with E-state index in [-0.39, 0.29) is 5.91 Å². The highest BCUT2D eigenvalue weighted by Crippen LogP contribution is 2.25. The van der Waals surface area contributed by atoms with Crippen molar-refractivity contribution >= 4 is 29.4 Å². The Kier molecular flexibility index (Phi) is 4.19. The minimum atomic E-state index is 0.0600. The first kappa shape index (κ1) is 15.8. The van der Waals surface area contributed by atoms with Gasteiger partial charge in [-0.3, -0.25) is 9.89 Å². The summed E-state index contributed by atoms with van der Waals surface area (Å²) in [5.74, 6) is 0.0600. The van der Waals surface area contributed by atoms with Gasteiger partial charge in [0.1, 0.15) is 4.88 Å². The van der Waals surface area contributed by atoms with Crippen molar-refractivity contribution in [1.29, 1.82) is 0 Å². The molecule has 0 atom stereocenters. The van der Waals surface area contributed by atoms with Crippen molar-refractivity contribution < 1.29 is 4.79 Å². The molecule has 0 saturated heterocycles. The van der Waals surface area contributed by atoms with Gasteiger partial charge < -0.3 is 4.90 Å². The third-order valence-corrected chi connectivity index (χ3v) is 5.34. The highest BCUT2D eigenvalue weighted by atomic mass is 32.1. The zero-order chi connectivity index (χ0) is 17.2. The number of nitrogens with one attached hydrogen (secondary N) is 1. The van der Waals surface area contributed by atoms with E-state index in [1.165, 1.54) is 11.3 Å². The Hall–Kier alpha value is -2.73. The summed E-state index contributed by atoms with van der Waals surface area (Å²) < 4.78 is 0. The highest BCUT2D eigenvalue weighted by molar-refractivity contribution is 7.11. The number of amides is 1. The van der Waals surface area contributed by atoms with E-state index in [4.69, 9.17) is 0 Å². The average Bonchev–Trinajstić information content (AvgIpc) is 3.26. The number of aromatic nitrogens is 3. The van der Waals surface area contributed by atoms with Crippen LogP contribution >= 0.6 is 11.3 Å². The maximum absolute atomic E-state index is 12.8. The van der Waals surface area contributed by atoms with Gasteiger partial charge in [-0.15, -0.1) is 11.3 Å². The summed E-state index contributed by atoms with van der Waals surface area (Å²) in [5, 5.41) is 7.55. The third kappa shape index (κ3) is 3.13. The summed E-state index contributed by atoms with van der Waals surface area (Å²) in [7, 11) is 0. The first-order valence-electron chi connectivity index (χ1n) is 8.21. The molecule has 5 nitrogen and oxygen atoms in total. The molecule has 6 heteroatoms. The van der Waals surface area contributed by atoms with Gasteiger partial charge in [0.2, 0.25) is 0 Å². The monoisotopic (exact) mass is 350 g/mol. The lowest BCUT2D eigenvalue weighted by molar-refractivity contribution is 0.0738. The highest BCUT2D eigenvalue weighted by Gasteiger charge is 2.26. The molecular formula is C19H18N4OS. The number of benzene rings is 1. The molecule has 1 aromatic carbocycles. The van der Waals surface area contributed by atoms with Crippen LogP contribution in [0.25, 0.3) is 12.2 Å². The van der Waals surface area contributed by atoms with Crippen LogP contribution in [0.15, 0.2) is 35.8 Å². The lowest BCUT2D eigenvalue weighted by Gasteiger charge is -2.26. The van der Waals surface area contributed by atoms with Crippen LogP contribution in [0.2, 0.25) is 0 Å². The first-order chi connectivity index (χ1) is 12.2. The molecule has 0 radical (unpaired) electrons. The number of rotatable bonds is 3. The number of carbonyl (C=O) groups is 1. The molecular weight excluding hydrogens is 332 g/mol. The van der Waals surface area contributed by atoms with E-state index < -0.39 is 0 Å². The number of nitrogens with zero attached hydrogens (tertiary/aromatic N) is 3. The fourth-order valence-corrected chi connectivity index (χ4v) is 3.79. The van der Waals surface area contributed by atoms with E-state index in [2.05, 4.69) is 27.3 Å². The second-order valence-corrected chi connectivity index (χ2v) is 6.91. The molecule has 1 N–H and O–H groups in total. The molecule has 3 aromatic rings. The molecule has 0 saturated carbocycles. The van der Waals surface area contributed by atoms with Gasteiger partial charge in [0.25, 0.3) is 5.91 Å². The molecule has 3 heterocycles. The number of hydrogen-bond donors (Lipinski definition) is 1. The van der Waals surface area contributed by atoms with Crippen LogP contribution in [0.4, 0.5) is 0 Å². The average molecular weight is 350 g/mol. The second-order valence-electron chi connectivity index (χ2n) is 6.05. The van der Waals surface area contributed by atoms with Crippen LogP contribution in [0.5, 0.6) is 0 Å². The van der Waals surface area contributed by atoms with Crippen molar-refractivity contribution in [2.24, 2.45) is 0 Å². The zero-order valence-electron chi connectivity index (χ0n) is 13.9. The Balaban J connectivity index is 1.56. The number of thiazole rings is 1. The molecule has 0 unspecified atom stereocenters. The van der Waals surface area contributed by atoms with E-state index in [1.807, 2.05) is 42.2 Å². The molecule has 1 aliphatic rings. The van der Waals surface area contributed by atoms with E-state index in [9.17, 15) is 4.79 Å². The molecule has 2 aromatic heterocycles. The van der Waals surface area contributed by atoms with Crippen molar-refractivity contribution in [3.05, 3.63) is 68.9 Å². The molecule has 0 spiro atoms. The summed E-state index contributed by atoms with van der Waals surface area (Å²) in [6.45, 7) is 3.16. The van der Waals surface area contributed by atoms with Crippen LogP contribution in [0, 0.1) is 6.92 Å². The molecule has 0 aliphatic carbocycles. The van der Waals surface area contributed by atoms with Gasteiger partial charge in [0.05, 0.1) is 16.9 Å². The van der Waals surface area contributed by atoms with Gasteiger partial charge in [-0.1, -0.05) is 36.4 Å². The smallest absolute Gasteiger partial charge is 0.266 e. The minimum absolute atomic E-state index is 0.0600. The Morgan fingerprint density at radius 1 is 1.28 bits per heavy atom. The Bertz CT molecular complexity index is 926. The minimum Gasteiger partial charge on any atom is -0.333 e. The van der Waals surface area contributed by atoms with Gasteiger partial charge >= 0.3 is 0 Å². The quantitative estimate of drug-likeness (QED) is 0.786. The Morgan fingerprint density at radius 2 is 2.12 bits per heavy atom. The standard InChI is InChI=1S/C19H18N4OS/c1-13-18(25-12-20-13)19(24)23-10-9-17-15(11-23)16(21-22-17)8-7-14-5-3-2-4-6-14/h2-8,12H,9-11H2,1H3,(H,21,22)/b8-7+. The summed E-state index contributed by atoms with van der Waals surface area (Å²) in [6.07, 6.45) is 4.85. The summed E-state index contributed by atoms with van der Waals surface area (Å²) in [5.41, 5.74) is 6.79. The maximum atomic E-state index is 12.8. The number of fused-ring (bicyclic) bond motifs is 1. The molecule has 0 bridgehead atoms. The summed E-state index contributed by atoms with van der Waals surface area (Å²) in [4.78, 5) is 19.6. The second kappa shape index (κ2) is 6.64. The number of aromatic amines is 1. The Morgan fingerprint density at radius 3 is 2.88 bits per heavy atom. The zero-order valence-corrected chi connectivity index (χ0v) is 14.7. The van der Waals surface area contributed by atoms with Crippen LogP contribution in [0.3, 0.4) is 0 Å². The lowest BCUT2D eigenvalue weighted by atomic mass is 10.0. The first-order valence-corrected chi connectivity index (χ1v) is 9.09. The summed E-state index contributed by atoms with van der Waals surface area (Å²) in [6, 6.07) is 10.1. The molecule has 4 rings (SSSR count). The number of hydrogen-bond acceptors (Lipinski definition) is 4. The van der Waals surface area contributed by atoms with Gasteiger partial charge in [-0.05, 0) is 18.6 Å². The van der Waals surface area contributed by atoms with Crippen molar-refractivity contribution in [1.82, 2.24) is 20.1 Å². The topological polar surface area (TPSA) is 61.9 Å².